The summed E-state index contributed by atoms with van der Waals surface area (Å²) >= 11 is 0. The molecule has 0 saturated heterocycles. The molecule has 7 heteroatoms. The van der Waals surface area contributed by atoms with Crippen LogP contribution in [0.2, 0.25) is 0 Å². The van der Waals surface area contributed by atoms with Crippen molar-refractivity contribution < 1.29 is 8.78 Å². The van der Waals surface area contributed by atoms with Crippen LogP contribution in [0.1, 0.15) is 51.1 Å². The standard InChI is InChI=1S/C15H21F2N5/c1-10(2)12-7-13(14-20-19-9-22(14)21-12)18-8-11-3-5-15(16,17)6-4-11/h7,9-11,18H,3-6,8H2,1-2H3. The van der Waals surface area contributed by atoms with Gasteiger partial charge in [-0.25, -0.2) is 8.78 Å². The van der Waals surface area contributed by atoms with Gasteiger partial charge < -0.3 is 5.32 Å². The highest BCUT2D eigenvalue weighted by atomic mass is 19.3. The molecule has 22 heavy (non-hydrogen) atoms. The Morgan fingerprint density at radius 3 is 2.77 bits per heavy atom. The van der Waals surface area contributed by atoms with Gasteiger partial charge in [0, 0.05) is 19.4 Å². The van der Waals surface area contributed by atoms with E-state index in [-0.39, 0.29) is 18.8 Å². The zero-order chi connectivity index (χ0) is 15.7. The summed E-state index contributed by atoms with van der Waals surface area (Å²) < 4.78 is 28.1. The van der Waals surface area contributed by atoms with Crippen LogP contribution in [0, 0.1) is 5.92 Å². The van der Waals surface area contributed by atoms with E-state index in [1.54, 1.807) is 10.8 Å². The minimum Gasteiger partial charge on any atom is -0.382 e. The Balaban J connectivity index is 1.72. The van der Waals surface area contributed by atoms with Crippen LogP contribution in [-0.2, 0) is 0 Å². The predicted octanol–water partition coefficient (Wildman–Crippen LogP) is 3.49. The van der Waals surface area contributed by atoms with E-state index < -0.39 is 5.92 Å². The Labute approximate surface area is 128 Å². The van der Waals surface area contributed by atoms with Crippen LogP contribution in [-0.4, -0.2) is 32.3 Å². The fourth-order valence-corrected chi connectivity index (χ4v) is 2.82. The molecular formula is C15H21F2N5. The molecule has 1 aliphatic rings. The van der Waals surface area contributed by atoms with Gasteiger partial charge in [0.15, 0.2) is 0 Å². The highest BCUT2D eigenvalue weighted by Gasteiger charge is 2.34. The summed E-state index contributed by atoms with van der Waals surface area (Å²) in [6, 6.07) is 1.98. The smallest absolute Gasteiger partial charge is 0.248 e. The maximum atomic E-state index is 13.2. The number of fused-ring (bicyclic) bond motifs is 1. The zero-order valence-corrected chi connectivity index (χ0v) is 12.9. The van der Waals surface area contributed by atoms with Crippen LogP contribution in [0.4, 0.5) is 14.5 Å². The second-order valence-corrected chi connectivity index (χ2v) is 6.42. The number of halogens is 2. The molecule has 0 aliphatic heterocycles. The number of aromatic nitrogens is 4. The average Bonchev–Trinajstić information content (AvgIpc) is 2.94. The normalized spacial score (nSPS) is 19.0. The Hall–Kier alpha value is -1.79. The predicted molar refractivity (Wildman–Crippen MR) is 80.3 cm³/mol. The first-order valence-electron chi connectivity index (χ1n) is 7.77. The summed E-state index contributed by atoms with van der Waals surface area (Å²) in [4.78, 5) is 0. The van der Waals surface area contributed by atoms with Gasteiger partial charge in [-0.3, -0.25) is 0 Å². The number of nitrogens with zero attached hydrogens (tertiary/aromatic N) is 4. The summed E-state index contributed by atoms with van der Waals surface area (Å²) in [7, 11) is 0. The molecular weight excluding hydrogens is 288 g/mol. The Morgan fingerprint density at radius 1 is 1.36 bits per heavy atom. The lowest BCUT2D eigenvalue weighted by Gasteiger charge is -2.28. The molecule has 0 amide bonds. The van der Waals surface area contributed by atoms with E-state index in [9.17, 15) is 8.78 Å². The average molecular weight is 309 g/mol. The van der Waals surface area contributed by atoms with Gasteiger partial charge in [0.2, 0.25) is 11.6 Å². The van der Waals surface area contributed by atoms with E-state index in [4.69, 9.17) is 0 Å². The molecule has 0 spiro atoms. The monoisotopic (exact) mass is 309 g/mol. The van der Waals surface area contributed by atoms with Crippen molar-refractivity contribution in [2.24, 2.45) is 5.92 Å². The Morgan fingerprint density at radius 2 is 2.09 bits per heavy atom. The van der Waals surface area contributed by atoms with Crippen molar-refractivity contribution in [3.05, 3.63) is 18.1 Å². The van der Waals surface area contributed by atoms with Crippen LogP contribution < -0.4 is 5.32 Å². The van der Waals surface area contributed by atoms with Crippen molar-refractivity contribution in [1.29, 1.82) is 0 Å². The SMILES string of the molecule is CC(C)c1cc(NCC2CCC(F)(F)CC2)c2nncn2n1. The van der Waals surface area contributed by atoms with Crippen LogP contribution in [0.25, 0.3) is 5.65 Å². The van der Waals surface area contributed by atoms with Crippen molar-refractivity contribution >= 4 is 11.3 Å². The first-order valence-corrected chi connectivity index (χ1v) is 7.77. The maximum absolute atomic E-state index is 13.2. The molecule has 3 rings (SSSR count). The molecule has 0 unspecified atom stereocenters. The van der Waals surface area contributed by atoms with Gasteiger partial charge in [0.1, 0.15) is 6.33 Å². The minimum absolute atomic E-state index is 0.00667. The van der Waals surface area contributed by atoms with E-state index >= 15 is 0 Å². The number of anilines is 1. The van der Waals surface area contributed by atoms with Crippen LogP contribution in [0.15, 0.2) is 12.4 Å². The fraction of sp³-hybridized carbons (Fsp3) is 0.667. The van der Waals surface area contributed by atoms with Gasteiger partial charge in [0.25, 0.3) is 0 Å². The third-order valence-electron chi connectivity index (χ3n) is 4.30. The lowest BCUT2D eigenvalue weighted by atomic mass is 9.87. The van der Waals surface area contributed by atoms with E-state index in [1.807, 2.05) is 6.07 Å². The topological polar surface area (TPSA) is 55.1 Å². The lowest BCUT2D eigenvalue weighted by Crippen LogP contribution is -2.28. The van der Waals surface area contributed by atoms with Crippen LogP contribution in [0.3, 0.4) is 0 Å². The molecule has 1 aliphatic carbocycles. The molecule has 2 aromatic rings. The van der Waals surface area contributed by atoms with Gasteiger partial charge in [-0.2, -0.15) is 9.61 Å². The van der Waals surface area contributed by atoms with Crippen LogP contribution in [0.5, 0.6) is 0 Å². The van der Waals surface area contributed by atoms with Gasteiger partial charge in [-0.05, 0) is 30.7 Å². The Kier molecular flexibility index (Phi) is 3.97. The first kappa shape index (κ1) is 15.1. The van der Waals surface area contributed by atoms with Gasteiger partial charge in [0.05, 0.1) is 11.4 Å². The third-order valence-corrected chi connectivity index (χ3v) is 4.30. The molecule has 1 N–H and O–H groups in total. The van der Waals surface area contributed by atoms with Crippen molar-refractivity contribution in [3.8, 4) is 0 Å². The molecule has 1 saturated carbocycles. The summed E-state index contributed by atoms with van der Waals surface area (Å²) in [6.45, 7) is 4.83. The highest BCUT2D eigenvalue weighted by molar-refractivity contribution is 5.66. The largest absolute Gasteiger partial charge is 0.382 e. The summed E-state index contributed by atoms with van der Waals surface area (Å²) in [5.41, 5.74) is 2.49. The molecule has 5 nitrogen and oxygen atoms in total. The molecule has 2 aromatic heterocycles. The van der Waals surface area contributed by atoms with Gasteiger partial charge >= 0.3 is 0 Å². The molecule has 2 heterocycles. The lowest BCUT2D eigenvalue weighted by molar-refractivity contribution is -0.0443. The Bertz CT molecular complexity index is 642. The summed E-state index contributed by atoms with van der Waals surface area (Å²) in [6.07, 6.45) is 2.68. The molecule has 0 bridgehead atoms. The second-order valence-electron chi connectivity index (χ2n) is 6.42. The maximum Gasteiger partial charge on any atom is 0.248 e. The van der Waals surface area contributed by atoms with Crippen molar-refractivity contribution in [1.82, 2.24) is 19.8 Å². The van der Waals surface area contributed by atoms with Gasteiger partial charge in [-0.1, -0.05) is 13.8 Å². The van der Waals surface area contributed by atoms with Gasteiger partial charge in [-0.15, -0.1) is 10.2 Å². The molecule has 0 aromatic carbocycles. The number of hydrogen-bond acceptors (Lipinski definition) is 4. The highest BCUT2D eigenvalue weighted by Crippen LogP contribution is 2.36. The van der Waals surface area contributed by atoms with Crippen molar-refractivity contribution in [3.63, 3.8) is 0 Å². The molecule has 0 atom stereocenters. The fourth-order valence-electron chi connectivity index (χ4n) is 2.82. The number of hydrogen-bond donors (Lipinski definition) is 1. The molecule has 0 radical (unpaired) electrons. The van der Waals surface area contributed by atoms with E-state index in [2.05, 4.69) is 34.5 Å². The number of nitrogens with one attached hydrogen (secondary N) is 1. The number of rotatable bonds is 4. The summed E-state index contributed by atoms with van der Waals surface area (Å²) in [5.74, 6) is -1.91. The van der Waals surface area contributed by atoms with E-state index in [0.717, 1.165) is 11.4 Å². The van der Waals surface area contributed by atoms with Crippen molar-refractivity contribution in [2.75, 3.05) is 11.9 Å². The zero-order valence-electron chi connectivity index (χ0n) is 12.9. The number of alkyl halides is 2. The molecule has 120 valence electrons. The van der Waals surface area contributed by atoms with Crippen LogP contribution >= 0.6 is 0 Å². The quantitative estimate of drug-likeness (QED) is 0.939. The molecule has 1 fully saturated rings. The van der Waals surface area contributed by atoms with E-state index in [1.165, 1.54) is 0 Å². The second kappa shape index (κ2) is 5.78. The summed E-state index contributed by atoms with van der Waals surface area (Å²) in [5, 5.41) is 15.8. The minimum atomic E-state index is -2.47. The van der Waals surface area contributed by atoms with Crippen molar-refractivity contribution in [2.45, 2.75) is 51.4 Å². The van der Waals surface area contributed by atoms with E-state index in [0.29, 0.717) is 31.0 Å². The first-order chi connectivity index (χ1) is 10.4. The third kappa shape index (κ3) is 3.18.